The molecule has 1 atom stereocenters. The Balaban J connectivity index is 2.72. The summed E-state index contributed by atoms with van der Waals surface area (Å²) in [6, 6.07) is 1.93. The quantitative estimate of drug-likeness (QED) is 0.766. The van der Waals surface area contributed by atoms with E-state index in [1.54, 1.807) is 13.8 Å². The molecular formula is C11H14N2O5. The lowest BCUT2D eigenvalue weighted by atomic mass is 10.1. The molecule has 0 aliphatic carbocycles. The van der Waals surface area contributed by atoms with Crippen LogP contribution in [0.15, 0.2) is 22.8 Å². The lowest BCUT2D eigenvalue weighted by Crippen LogP contribution is -2.45. The third kappa shape index (κ3) is 3.62. The van der Waals surface area contributed by atoms with Gasteiger partial charge in [0, 0.05) is 0 Å². The first-order chi connectivity index (χ1) is 8.41. The Morgan fingerprint density at radius 1 is 1.39 bits per heavy atom. The summed E-state index contributed by atoms with van der Waals surface area (Å²) in [5, 5.41) is 1.87. The smallest absolute Gasteiger partial charge is 0.375 e. The van der Waals surface area contributed by atoms with Crippen molar-refractivity contribution in [2.24, 2.45) is 11.7 Å². The molecule has 3 N–H and O–H groups in total. The van der Waals surface area contributed by atoms with Gasteiger partial charge in [0.1, 0.15) is 0 Å². The summed E-state index contributed by atoms with van der Waals surface area (Å²) in [4.78, 5) is 33.8. The van der Waals surface area contributed by atoms with Crippen LogP contribution < -0.4 is 11.1 Å². The van der Waals surface area contributed by atoms with Crippen molar-refractivity contribution in [3.8, 4) is 0 Å². The molecule has 0 fully saturated rings. The van der Waals surface area contributed by atoms with Gasteiger partial charge < -0.3 is 14.9 Å². The molecule has 1 rings (SSSR count). The zero-order valence-corrected chi connectivity index (χ0v) is 10.0. The summed E-state index contributed by atoms with van der Waals surface area (Å²) in [7, 11) is 0. The summed E-state index contributed by atoms with van der Waals surface area (Å²) >= 11 is 0. The van der Waals surface area contributed by atoms with Gasteiger partial charge in [-0.05, 0) is 18.1 Å². The van der Waals surface area contributed by atoms with Gasteiger partial charge in [-0.1, -0.05) is 13.8 Å². The third-order valence-electron chi connectivity index (χ3n) is 2.07. The molecule has 1 aromatic heterocycles. The molecule has 3 amide bonds. The number of carbonyl (C=O) groups excluding carboxylic acids is 3. The van der Waals surface area contributed by atoms with Crippen molar-refractivity contribution in [2.45, 2.75) is 20.0 Å². The van der Waals surface area contributed by atoms with Crippen LogP contribution in [0, 0.1) is 5.92 Å². The fourth-order valence-electron chi connectivity index (χ4n) is 1.25. The van der Waals surface area contributed by atoms with E-state index in [1.807, 2.05) is 5.32 Å². The van der Waals surface area contributed by atoms with Crippen molar-refractivity contribution >= 4 is 17.9 Å². The first-order valence-corrected chi connectivity index (χ1v) is 5.26. The van der Waals surface area contributed by atoms with Gasteiger partial charge in [0.15, 0.2) is 6.10 Å². The Kier molecular flexibility index (Phi) is 4.47. The molecule has 18 heavy (non-hydrogen) atoms. The minimum atomic E-state index is -1.12. The minimum Gasteiger partial charge on any atom is -0.457 e. The lowest BCUT2D eigenvalue weighted by molar-refractivity contribution is -0.131. The van der Waals surface area contributed by atoms with Gasteiger partial charge in [-0.2, -0.15) is 0 Å². The number of hydrogen-bond acceptors (Lipinski definition) is 5. The van der Waals surface area contributed by atoms with E-state index in [2.05, 4.69) is 0 Å². The average Bonchev–Trinajstić information content (AvgIpc) is 2.77. The van der Waals surface area contributed by atoms with Crippen molar-refractivity contribution in [3.05, 3.63) is 24.2 Å². The van der Waals surface area contributed by atoms with E-state index in [0.717, 1.165) is 0 Å². The number of urea groups is 1. The van der Waals surface area contributed by atoms with Crippen LogP contribution in [0.3, 0.4) is 0 Å². The third-order valence-corrected chi connectivity index (χ3v) is 2.07. The van der Waals surface area contributed by atoms with Crippen LogP contribution >= 0.6 is 0 Å². The van der Waals surface area contributed by atoms with Crippen LogP contribution in [0.25, 0.3) is 0 Å². The Labute approximate surface area is 103 Å². The van der Waals surface area contributed by atoms with Crippen molar-refractivity contribution in [1.82, 2.24) is 5.32 Å². The van der Waals surface area contributed by atoms with E-state index in [-0.39, 0.29) is 11.7 Å². The van der Waals surface area contributed by atoms with E-state index < -0.39 is 24.0 Å². The zero-order chi connectivity index (χ0) is 13.7. The number of furan rings is 1. The highest BCUT2D eigenvalue weighted by atomic mass is 16.6. The van der Waals surface area contributed by atoms with Gasteiger partial charge in [-0.25, -0.2) is 9.59 Å². The highest BCUT2D eigenvalue weighted by Gasteiger charge is 2.28. The van der Waals surface area contributed by atoms with E-state index >= 15 is 0 Å². The largest absolute Gasteiger partial charge is 0.457 e. The number of hydrogen-bond donors (Lipinski definition) is 2. The predicted molar refractivity (Wildman–Crippen MR) is 60.5 cm³/mol. The molecule has 1 unspecified atom stereocenters. The van der Waals surface area contributed by atoms with Crippen molar-refractivity contribution in [3.63, 3.8) is 0 Å². The molecule has 0 saturated heterocycles. The van der Waals surface area contributed by atoms with Gasteiger partial charge in [0.05, 0.1) is 6.26 Å². The molecular weight excluding hydrogens is 240 g/mol. The molecule has 1 heterocycles. The van der Waals surface area contributed by atoms with Gasteiger partial charge in [0.2, 0.25) is 5.76 Å². The number of carbonyl (C=O) groups is 3. The second-order valence-electron chi connectivity index (χ2n) is 3.90. The Bertz CT molecular complexity index is 438. The highest BCUT2D eigenvalue weighted by Crippen LogP contribution is 2.11. The first-order valence-electron chi connectivity index (χ1n) is 5.26. The molecule has 0 spiro atoms. The molecule has 0 bridgehead atoms. The standard InChI is InChI=1S/C11H14N2O5/c1-6(2)8(9(14)13-11(12)16)18-10(15)7-4-3-5-17-7/h3-6,8H,1-2H3,(H3,12,13,14,16). The fourth-order valence-corrected chi connectivity index (χ4v) is 1.25. The Morgan fingerprint density at radius 2 is 2.06 bits per heavy atom. The predicted octanol–water partition coefficient (Wildman–Crippen LogP) is 0.656. The summed E-state index contributed by atoms with van der Waals surface area (Å²) < 4.78 is 9.81. The number of esters is 1. The average molecular weight is 254 g/mol. The Hall–Kier alpha value is -2.31. The maximum absolute atomic E-state index is 11.6. The van der Waals surface area contributed by atoms with Crippen molar-refractivity contribution in [1.29, 1.82) is 0 Å². The number of ether oxygens (including phenoxy) is 1. The summed E-state index contributed by atoms with van der Waals surface area (Å²) in [5.74, 6) is -1.88. The van der Waals surface area contributed by atoms with Crippen LogP contribution in [0.1, 0.15) is 24.4 Å². The highest BCUT2D eigenvalue weighted by molar-refractivity contribution is 5.97. The van der Waals surface area contributed by atoms with Crippen LogP contribution in [0.4, 0.5) is 4.79 Å². The van der Waals surface area contributed by atoms with Crippen molar-refractivity contribution < 1.29 is 23.5 Å². The maximum atomic E-state index is 11.6. The molecule has 0 radical (unpaired) electrons. The molecule has 7 nitrogen and oxygen atoms in total. The Morgan fingerprint density at radius 3 is 2.50 bits per heavy atom. The number of nitrogens with one attached hydrogen (secondary N) is 1. The zero-order valence-electron chi connectivity index (χ0n) is 10.0. The van der Waals surface area contributed by atoms with Crippen LogP contribution in [0.5, 0.6) is 0 Å². The SMILES string of the molecule is CC(C)C(OC(=O)c1ccco1)C(=O)NC(N)=O. The number of imide groups is 1. The molecule has 1 aromatic rings. The topological polar surface area (TPSA) is 112 Å². The summed E-state index contributed by atoms with van der Waals surface area (Å²) in [5.41, 5.74) is 4.83. The van der Waals surface area contributed by atoms with Crippen LogP contribution in [-0.4, -0.2) is 24.0 Å². The lowest BCUT2D eigenvalue weighted by Gasteiger charge is -2.19. The van der Waals surface area contributed by atoms with Gasteiger partial charge >= 0.3 is 12.0 Å². The normalized spacial score (nSPS) is 11.9. The number of primary amides is 1. The summed E-state index contributed by atoms with van der Waals surface area (Å²) in [6.45, 7) is 3.33. The second kappa shape index (κ2) is 5.85. The fraction of sp³-hybridized carbons (Fsp3) is 0.364. The molecule has 0 aliphatic heterocycles. The minimum absolute atomic E-state index is 0.0208. The monoisotopic (exact) mass is 254 g/mol. The number of amides is 3. The number of rotatable bonds is 4. The van der Waals surface area contributed by atoms with Crippen molar-refractivity contribution in [2.75, 3.05) is 0 Å². The summed E-state index contributed by atoms with van der Waals surface area (Å²) in [6.07, 6.45) is 0.194. The second-order valence-corrected chi connectivity index (χ2v) is 3.90. The molecule has 0 saturated carbocycles. The van der Waals surface area contributed by atoms with E-state index in [1.165, 1.54) is 18.4 Å². The first kappa shape index (κ1) is 13.8. The number of nitrogens with two attached hydrogens (primary N) is 1. The molecule has 98 valence electrons. The van der Waals surface area contributed by atoms with Gasteiger partial charge in [-0.3, -0.25) is 10.1 Å². The van der Waals surface area contributed by atoms with Crippen LogP contribution in [0.2, 0.25) is 0 Å². The van der Waals surface area contributed by atoms with E-state index in [0.29, 0.717) is 0 Å². The van der Waals surface area contributed by atoms with Gasteiger partial charge in [0.25, 0.3) is 5.91 Å². The molecule has 0 aliphatic rings. The van der Waals surface area contributed by atoms with E-state index in [9.17, 15) is 14.4 Å². The van der Waals surface area contributed by atoms with E-state index in [4.69, 9.17) is 14.9 Å². The molecule has 7 heteroatoms. The van der Waals surface area contributed by atoms with Crippen LogP contribution in [-0.2, 0) is 9.53 Å². The maximum Gasteiger partial charge on any atom is 0.375 e. The molecule has 0 aromatic carbocycles. The van der Waals surface area contributed by atoms with Gasteiger partial charge in [-0.15, -0.1) is 0 Å².